The summed E-state index contributed by atoms with van der Waals surface area (Å²) in [5.41, 5.74) is 3.45. The zero-order valence-corrected chi connectivity index (χ0v) is 14.7. The molecular weight excluding hydrogens is 342 g/mol. The third-order valence-corrected chi connectivity index (χ3v) is 3.80. The van der Waals surface area contributed by atoms with Crippen molar-refractivity contribution in [2.45, 2.75) is 20.1 Å². The van der Waals surface area contributed by atoms with Gasteiger partial charge in [0.05, 0.1) is 6.61 Å². The molecule has 0 aliphatic rings. The topological polar surface area (TPSA) is 30.5 Å². The van der Waals surface area contributed by atoms with Crippen molar-refractivity contribution in [3.8, 4) is 5.75 Å². The first kappa shape index (κ1) is 17.0. The van der Waals surface area contributed by atoms with Crippen molar-refractivity contribution in [2.75, 3.05) is 20.3 Å². The van der Waals surface area contributed by atoms with E-state index in [1.165, 1.54) is 5.56 Å². The van der Waals surface area contributed by atoms with Crippen LogP contribution < -0.4 is 10.1 Å². The molecule has 0 saturated carbocycles. The SMILES string of the molecule is COCCNCc1cc(Br)cc(C)c1OCc1ccccc1. The molecule has 0 aliphatic heterocycles. The Kier molecular flexibility index (Phi) is 6.90. The van der Waals surface area contributed by atoms with Crippen LogP contribution in [0, 0.1) is 6.92 Å². The van der Waals surface area contributed by atoms with Gasteiger partial charge in [-0.2, -0.15) is 0 Å². The van der Waals surface area contributed by atoms with E-state index >= 15 is 0 Å². The Balaban J connectivity index is 2.07. The van der Waals surface area contributed by atoms with Crippen LogP contribution in [0.25, 0.3) is 0 Å². The molecule has 1 N–H and O–H groups in total. The van der Waals surface area contributed by atoms with Crippen molar-refractivity contribution >= 4 is 15.9 Å². The Labute approximate surface area is 140 Å². The van der Waals surface area contributed by atoms with Crippen LogP contribution >= 0.6 is 15.9 Å². The number of ether oxygens (including phenoxy) is 2. The van der Waals surface area contributed by atoms with Crippen LogP contribution in [0.2, 0.25) is 0 Å². The molecule has 118 valence electrons. The predicted octanol–water partition coefficient (Wildman–Crippen LogP) is 4.07. The van der Waals surface area contributed by atoms with Gasteiger partial charge in [-0.1, -0.05) is 46.3 Å². The van der Waals surface area contributed by atoms with Gasteiger partial charge < -0.3 is 14.8 Å². The van der Waals surface area contributed by atoms with E-state index in [9.17, 15) is 0 Å². The highest BCUT2D eigenvalue weighted by atomic mass is 79.9. The van der Waals surface area contributed by atoms with Crippen molar-refractivity contribution in [1.29, 1.82) is 0 Å². The van der Waals surface area contributed by atoms with E-state index in [4.69, 9.17) is 9.47 Å². The highest BCUT2D eigenvalue weighted by Gasteiger charge is 2.09. The minimum absolute atomic E-state index is 0.578. The van der Waals surface area contributed by atoms with Crippen LogP contribution in [0.1, 0.15) is 16.7 Å². The molecule has 0 amide bonds. The van der Waals surface area contributed by atoms with Crippen molar-refractivity contribution in [3.63, 3.8) is 0 Å². The van der Waals surface area contributed by atoms with E-state index in [1.54, 1.807) is 7.11 Å². The number of benzene rings is 2. The molecule has 3 nitrogen and oxygen atoms in total. The third kappa shape index (κ3) is 5.13. The molecule has 0 saturated heterocycles. The standard InChI is InChI=1S/C18H22BrNO2/c1-14-10-17(19)11-16(12-20-8-9-21-2)18(14)22-13-15-6-4-3-5-7-15/h3-7,10-11,20H,8-9,12-13H2,1-2H3. The van der Waals surface area contributed by atoms with E-state index < -0.39 is 0 Å². The molecule has 2 aromatic rings. The van der Waals surface area contributed by atoms with Crippen LogP contribution in [-0.2, 0) is 17.9 Å². The van der Waals surface area contributed by atoms with Gasteiger partial charge in [-0.3, -0.25) is 0 Å². The lowest BCUT2D eigenvalue weighted by Crippen LogP contribution is -2.19. The van der Waals surface area contributed by atoms with Crippen LogP contribution in [0.15, 0.2) is 46.9 Å². The largest absolute Gasteiger partial charge is 0.488 e. The second-order valence-corrected chi connectivity index (χ2v) is 6.07. The monoisotopic (exact) mass is 363 g/mol. The maximum atomic E-state index is 6.07. The molecule has 0 atom stereocenters. The Morgan fingerprint density at radius 1 is 1.14 bits per heavy atom. The van der Waals surface area contributed by atoms with Crippen molar-refractivity contribution in [1.82, 2.24) is 5.32 Å². The summed E-state index contributed by atoms with van der Waals surface area (Å²) < 4.78 is 12.2. The first-order chi connectivity index (χ1) is 10.7. The number of methoxy groups -OCH3 is 1. The van der Waals surface area contributed by atoms with Crippen LogP contribution in [0.3, 0.4) is 0 Å². The van der Waals surface area contributed by atoms with E-state index in [1.807, 2.05) is 18.2 Å². The van der Waals surface area contributed by atoms with Gasteiger partial charge in [0.2, 0.25) is 0 Å². The van der Waals surface area contributed by atoms with Crippen molar-refractivity contribution in [3.05, 3.63) is 63.6 Å². The van der Waals surface area contributed by atoms with Crippen LogP contribution in [0.5, 0.6) is 5.75 Å². The second kappa shape index (κ2) is 8.93. The minimum atomic E-state index is 0.578. The Morgan fingerprint density at radius 2 is 1.91 bits per heavy atom. The number of rotatable bonds is 8. The molecule has 0 radical (unpaired) electrons. The van der Waals surface area contributed by atoms with Crippen LogP contribution in [-0.4, -0.2) is 20.3 Å². The fourth-order valence-electron chi connectivity index (χ4n) is 2.26. The lowest BCUT2D eigenvalue weighted by atomic mass is 10.1. The maximum Gasteiger partial charge on any atom is 0.127 e. The van der Waals surface area contributed by atoms with E-state index in [0.29, 0.717) is 13.2 Å². The minimum Gasteiger partial charge on any atom is -0.488 e. The molecule has 22 heavy (non-hydrogen) atoms. The van der Waals surface area contributed by atoms with Gasteiger partial charge in [-0.15, -0.1) is 0 Å². The van der Waals surface area contributed by atoms with E-state index in [2.05, 4.69) is 52.4 Å². The van der Waals surface area contributed by atoms with Crippen LogP contribution in [0.4, 0.5) is 0 Å². The van der Waals surface area contributed by atoms with Gasteiger partial charge in [0.1, 0.15) is 12.4 Å². The molecule has 4 heteroatoms. The lowest BCUT2D eigenvalue weighted by Gasteiger charge is -2.16. The molecule has 2 rings (SSSR count). The summed E-state index contributed by atoms with van der Waals surface area (Å²) in [4.78, 5) is 0. The number of hydrogen-bond acceptors (Lipinski definition) is 3. The first-order valence-corrected chi connectivity index (χ1v) is 8.15. The molecule has 2 aromatic carbocycles. The summed E-state index contributed by atoms with van der Waals surface area (Å²) in [5, 5.41) is 3.37. The first-order valence-electron chi connectivity index (χ1n) is 7.36. The highest BCUT2D eigenvalue weighted by Crippen LogP contribution is 2.28. The number of hydrogen-bond donors (Lipinski definition) is 1. The lowest BCUT2D eigenvalue weighted by molar-refractivity contribution is 0.199. The van der Waals surface area contributed by atoms with Gasteiger partial charge >= 0.3 is 0 Å². The Bertz CT molecular complexity index is 587. The molecule has 0 aromatic heterocycles. The summed E-state index contributed by atoms with van der Waals surface area (Å²) in [7, 11) is 1.71. The van der Waals surface area contributed by atoms with Crippen molar-refractivity contribution < 1.29 is 9.47 Å². The summed E-state index contributed by atoms with van der Waals surface area (Å²) in [6, 6.07) is 14.4. The molecule has 0 spiro atoms. The highest BCUT2D eigenvalue weighted by molar-refractivity contribution is 9.10. The predicted molar refractivity (Wildman–Crippen MR) is 93.2 cm³/mol. The number of nitrogens with one attached hydrogen (secondary N) is 1. The second-order valence-electron chi connectivity index (χ2n) is 5.15. The molecule has 0 aliphatic carbocycles. The molecule has 0 unspecified atom stereocenters. The summed E-state index contributed by atoms with van der Waals surface area (Å²) in [6.07, 6.45) is 0. The van der Waals surface area contributed by atoms with Crippen molar-refractivity contribution in [2.24, 2.45) is 0 Å². The smallest absolute Gasteiger partial charge is 0.127 e. The van der Waals surface area contributed by atoms with Gasteiger partial charge in [-0.05, 0) is 30.2 Å². The van der Waals surface area contributed by atoms with Gasteiger partial charge in [0, 0.05) is 30.2 Å². The Morgan fingerprint density at radius 3 is 2.64 bits per heavy atom. The third-order valence-electron chi connectivity index (χ3n) is 3.34. The average Bonchev–Trinajstić information content (AvgIpc) is 2.51. The normalized spacial score (nSPS) is 10.7. The molecule has 0 bridgehead atoms. The summed E-state index contributed by atoms with van der Waals surface area (Å²) in [6.45, 7) is 4.93. The number of halogens is 1. The zero-order valence-electron chi connectivity index (χ0n) is 13.1. The van der Waals surface area contributed by atoms with Gasteiger partial charge in [0.15, 0.2) is 0 Å². The average molecular weight is 364 g/mol. The van der Waals surface area contributed by atoms with E-state index in [0.717, 1.165) is 34.4 Å². The summed E-state index contributed by atoms with van der Waals surface area (Å²) >= 11 is 3.56. The quantitative estimate of drug-likeness (QED) is 0.717. The van der Waals surface area contributed by atoms with Gasteiger partial charge in [0.25, 0.3) is 0 Å². The zero-order chi connectivity index (χ0) is 15.8. The molecule has 0 heterocycles. The fraction of sp³-hybridized carbons (Fsp3) is 0.333. The van der Waals surface area contributed by atoms with Gasteiger partial charge in [-0.25, -0.2) is 0 Å². The Hall–Kier alpha value is -1.36. The fourth-order valence-corrected chi connectivity index (χ4v) is 2.88. The maximum absolute atomic E-state index is 6.07. The number of aryl methyl sites for hydroxylation is 1. The van der Waals surface area contributed by atoms with E-state index in [-0.39, 0.29) is 0 Å². The molecule has 0 fully saturated rings. The molecular formula is C18H22BrNO2. The summed E-state index contributed by atoms with van der Waals surface area (Å²) in [5.74, 6) is 0.956.